The number of carboxylic acid groups (broad SMARTS) is 1. The fraction of sp³-hybridized carbons (Fsp3) is 0.238. The van der Waals surface area contributed by atoms with Crippen LogP contribution in [-0.4, -0.2) is 28.1 Å². The molecule has 0 aliphatic heterocycles. The number of nitrogens with zero attached hydrogens (tertiary/aromatic N) is 2. The highest BCUT2D eigenvalue weighted by atomic mass is 19.4. The maximum absolute atomic E-state index is 13.1. The van der Waals surface area contributed by atoms with Crippen LogP contribution < -0.4 is 4.74 Å². The molecule has 0 spiro atoms. The fourth-order valence-corrected chi connectivity index (χ4v) is 3.02. The molecule has 3 aromatic rings. The van der Waals surface area contributed by atoms with Crippen LogP contribution in [0.15, 0.2) is 59.2 Å². The molecule has 1 N–H and O–H groups in total. The minimum absolute atomic E-state index is 0.0988. The zero-order chi connectivity index (χ0) is 21.7. The second-order valence-corrected chi connectivity index (χ2v) is 6.59. The summed E-state index contributed by atoms with van der Waals surface area (Å²) in [6, 6.07) is 12.3. The molecule has 0 bridgehead atoms. The molecule has 6 nitrogen and oxygen atoms in total. The van der Waals surface area contributed by atoms with Crippen molar-refractivity contribution >= 4 is 5.97 Å². The number of aromatic carboxylic acids is 1. The maximum atomic E-state index is 13.1. The SMILES string of the molecule is COc1ccccc1CN(Cc1cccc(C(F)(F)F)c1)Cc1nc(C(=O)O)co1. The van der Waals surface area contributed by atoms with Crippen molar-refractivity contribution < 1.29 is 32.2 Å². The molecule has 158 valence electrons. The van der Waals surface area contributed by atoms with E-state index in [1.807, 2.05) is 18.2 Å². The van der Waals surface area contributed by atoms with Crippen LogP contribution in [0.2, 0.25) is 0 Å². The number of oxazole rings is 1. The quantitative estimate of drug-likeness (QED) is 0.574. The predicted octanol–water partition coefficient (Wildman–Crippen LogP) is 4.60. The summed E-state index contributed by atoms with van der Waals surface area (Å²) in [6.07, 6.45) is -3.41. The van der Waals surface area contributed by atoms with E-state index in [1.54, 1.807) is 17.0 Å². The first-order chi connectivity index (χ1) is 14.3. The predicted molar refractivity (Wildman–Crippen MR) is 101 cm³/mol. The van der Waals surface area contributed by atoms with Crippen molar-refractivity contribution in [3.63, 3.8) is 0 Å². The largest absolute Gasteiger partial charge is 0.496 e. The van der Waals surface area contributed by atoms with E-state index in [9.17, 15) is 18.0 Å². The van der Waals surface area contributed by atoms with Crippen molar-refractivity contribution in [2.45, 2.75) is 25.8 Å². The zero-order valence-electron chi connectivity index (χ0n) is 16.0. The Bertz CT molecular complexity index is 1020. The van der Waals surface area contributed by atoms with Crippen molar-refractivity contribution in [1.29, 1.82) is 0 Å². The Morgan fingerprint density at radius 1 is 1.13 bits per heavy atom. The molecule has 3 rings (SSSR count). The summed E-state index contributed by atoms with van der Waals surface area (Å²) >= 11 is 0. The number of benzene rings is 2. The molecule has 0 fully saturated rings. The molecule has 0 amide bonds. The number of carbonyl (C=O) groups is 1. The first-order valence-corrected chi connectivity index (χ1v) is 8.94. The molecule has 1 aromatic heterocycles. The van der Waals surface area contributed by atoms with Crippen LogP contribution in [0.25, 0.3) is 0 Å². The van der Waals surface area contributed by atoms with Crippen molar-refractivity contribution in [3.05, 3.63) is 83.1 Å². The van der Waals surface area contributed by atoms with Crippen LogP contribution in [0.1, 0.15) is 33.1 Å². The monoisotopic (exact) mass is 420 g/mol. The van der Waals surface area contributed by atoms with E-state index in [0.29, 0.717) is 17.9 Å². The van der Waals surface area contributed by atoms with Crippen LogP contribution in [0, 0.1) is 0 Å². The molecule has 0 aliphatic rings. The van der Waals surface area contributed by atoms with E-state index < -0.39 is 17.7 Å². The third kappa shape index (κ3) is 5.38. The van der Waals surface area contributed by atoms with Gasteiger partial charge in [0.15, 0.2) is 5.69 Å². The minimum atomic E-state index is -4.44. The smallest absolute Gasteiger partial charge is 0.416 e. The Balaban J connectivity index is 1.87. The number of hydrogen-bond donors (Lipinski definition) is 1. The van der Waals surface area contributed by atoms with Crippen LogP contribution in [0.5, 0.6) is 5.75 Å². The Kier molecular flexibility index (Phi) is 6.41. The van der Waals surface area contributed by atoms with Gasteiger partial charge in [-0.2, -0.15) is 13.2 Å². The molecule has 30 heavy (non-hydrogen) atoms. The fourth-order valence-electron chi connectivity index (χ4n) is 3.02. The lowest BCUT2D eigenvalue weighted by atomic mass is 10.1. The average Bonchev–Trinajstić information content (AvgIpc) is 3.17. The molecule has 0 saturated carbocycles. The highest BCUT2D eigenvalue weighted by Crippen LogP contribution is 2.30. The molecule has 0 atom stereocenters. The maximum Gasteiger partial charge on any atom is 0.416 e. The minimum Gasteiger partial charge on any atom is -0.496 e. The van der Waals surface area contributed by atoms with Gasteiger partial charge >= 0.3 is 12.1 Å². The molecular weight excluding hydrogens is 401 g/mol. The summed E-state index contributed by atoms with van der Waals surface area (Å²) < 4.78 is 49.8. The lowest BCUT2D eigenvalue weighted by Gasteiger charge is -2.22. The lowest BCUT2D eigenvalue weighted by molar-refractivity contribution is -0.137. The van der Waals surface area contributed by atoms with Crippen molar-refractivity contribution in [2.24, 2.45) is 0 Å². The van der Waals surface area contributed by atoms with Gasteiger partial charge in [0.1, 0.15) is 12.0 Å². The number of alkyl halides is 3. The highest BCUT2D eigenvalue weighted by molar-refractivity contribution is 5.84. The van der Waals surface area contributed by atoms with Crippen LogP contribution in [0.4, 0.5) is 13.2 Å². The number of ether oxygens (including phenoxy) is 1. The average molecular weight is 420 g/mol. The van der Waals surface area contributed by atoms with Gasteiger partial charge in [-0.25, -0.2) is 9.78 Å². The first-order valence-electron chi connectivity index (χ1n) is 8.94. The number of hydrogen-bond acceptors (Lipinski definition) is 5. The molecule has 0 saturated heterocycles. The summed E-state index contributed by atoms with van der Waals surface area (Å²) in [4.78, 5) is 16.7. The summed E-state index contributed by atoms with van der Waals surface area (Å²) in [5.41, 5.74) is 0.296. The van der Waals surface area contributed by atoms with Crippen LogP contribution >= 0.6 is 0 Å². The Morgan fingerprint density at radius 2 is 1.90 bits per heavy atom. The topological polar surface area (TPSA) is 75.8 Å². The van der Waals surface area contributed by atoms with Gasteiger partial charge in [0, 0.05) is 18.7 Å². The Labute approximate surface area is 170 Å². The number of methoxy groups -OCH3 is 1. The van der Waals surface area contributed by atoms with Crippen molar-refractivity contribution in [3.8, 4) is 5.75 Å². The standard InChI is InChI=1S/C21H19F3N2O4/c1-29-18-8-3-2-6-15(18)11-26(12-19-25-17(13-30-19)20(27)28)10-14-5-4-7-16(9-14)21(22,23)24/h2-9,13H,10-12H2,1H3,(H,27,28). The summed E-state index contributed by atoms with van der Waals surface area (Å²) in [5.74, 6) is -0.446. The second-order valence-electron chi connectivity index (χ2n) is 6.59. The van der Waals surface area contributed by atoms with Gasteiger partial charge in [-0.05, 0) is 17.7 Å². The summed E-state index contributed by atoms with van der Waals surface area (Å²) in [5, 5.41) is 9.02. The first kappa shape index (κ1) is 21.4. The van der Waals surface area contributed by atoms with Gasteiger partial charge in [0.2, 0.25) is 5.89 Å². The normalized spacial score (nSPS) is 11.6. The summed E-state index contributed by atoms with van der Waals surface area (Å²) in [6.45, 7) is 0.583. The van der Waals surface area contributed by atoms with Crippen LogP contribution in [0.3, 0.4) is 0 Å². The van der Waals surface area contributed by atoms with Crippen LogP contribution in [-0.2, 0) is 25.8 Å². The molecule has 0 aliphatic carbocycles. The van der Waals surface area contributed by atoms with Gasteiger partial charge in [0.25, 0.3) is 0 Å². The third-order valence-electron chi connectivity index (χ3n) is 4.38. The molecule has 2 aromatic carbocycles. The molecular formula is C21H19F3N2O4. The van der Waals surface area contributed by atoms with Gasteiger partial charge in [-0.1, -0.05) is 36.4 Å². The number of aromatic nitrogens is 1. The van der Waals surface area contributed by atoms with Crippen molar-refractivity contribution in [1.82, 2.24) is 9.88 Å². The van der Waals surface area contributed by atoms with Gasteiger partial charge in [-0.15, -0.1) is 0 Å². The van der Waals surface area contributed by atoms with Crippen molar-refractivity contribution in [2.75, 3.05) is 7.11 Å². The molecule has 1 heterocycles. The Hall–Kier alpha value is -3.33. The van der Waals surface area contributed by atoms with E-state index in [1.165, 1.54) is 13.2 Å². The van der Waals surface area contributed by atoms with Gasteiger partial charge < -0.3 is 14.3 Å². The lowest BCUT2D eigenvalue weighted by Crippen LogP contribution is -2.23. The third-order valence-corrected chi connectivity index (χ3v) is 4.38. The molecule has 0 radical (unpaired) electrons. The van der Waals surface area contributed by atoms with E-state index in [4.69, 9.17) is 14.3 Å². The molecule has 9 heteroatoms. The second kappa shape index (κ2) is 9.00. The van der Waals surface area contributed by atoms with E-state index in [2.05, 4.69) is 4.98 Å². The number of rotatable bonds is 8. The zero-order valence-corrected chi connectivity index (χ0v) is 16.0. The van der Waals surface area contributed by atoms with Gasteiger partial charge in [-0.3, -0.25) is 4.90 Å². The van der Waals surface area contributed by atoms with E-state index >= 15 is 0 Å². The Morgan fingerprint density at radius 3 is 2.57 bits per heavy atom. The number of carboxylic acids is 1. The summed E-state index contributed by atoms with van der Waals surface area (Å²) in [7, 11) is 1.53. The highest BCUT2D eigenvalue weighted by Gasteiger charge is 2.30. The van der Waals surface area contributed by atoms with E-state index in [-0.39, 0.29) is 24.7 Å². The number of halogens is 3. The van der Waals surface area contributed by atoms with Gasteiger partial charge in [0.05, 0.1) is 19.2 Å². The molecule has 0 unspecified atom stereocenters. The number of para-hydroxylation sites is 1. The van der Waals surface area contributed by atoms with E-state index in [0.717, 1.165) is 24.0 Å².